The molecule has 2 aliphatic heterocycles. The van der Waals surface area contributed by atoms with Crippen LogP contribution < -0.4 is 10.2 Å². The molecule has 6 nitrogen and oxygen atoms in total. The van der Waals surface area contributed by atoms with E-state index in [4.69, 9.17) is 9.47 Å². The average molecular weight is 347 g/mol. The van der Waals surface area contributed by atoms with Crippen LogP contribution in [-0.2, 0) is 9.47 Å². The van der Waals surface area contributed by atoms with Crippen molar-refractivity contribution in [1.82, 2.24) is 10.2 Å². The van der Waals surface area contributed by atoms with Crippen molar-refractivity contribution < 1.29 is 14.3 Å². The number of hydrogen-bond acceptors (Lipinski definition) is 4. The number of aryl methyl sites for hydroxylation is 1. The Hall–Kier alpha value is -1.79. The maximum absolute atomic E-state index is 12.4. The van der Waals surface area contributed by atoms with E-state index < -0.39 is 0 Å². The van der Waals surface area contributed by atoms with Crippen LogP contribution in [0.2, 0.25) is 0 Å². The number of rotatable bonds is 4. The highest BCUT2D eigenvalue weighted by atomic mass is 16.6. The molecule has 0 bridgehead atoms. The largest absolute Gasteiger partial charge is 0.376 e. The van der Waals surface area contributed by atoms with Crippen molar-refractivity contribution in [2.45, 2.75) is 31.9 Å². The lowest BCUT2D eigenvalue weighted by molar-refractivity contribution is -0.0928. The van der Waals surface area contributed by atoms with E-state index in [1.165, 1.54) is 11.3 Å². The molecule has 0 saturated carbocycles. The molecule has 0 aliphatic carbocycles. The minimum atomic E-state index is -0.0248. The molecular weight excluding hydrogens is 318 g/mol. The summed E-state index contributed by atoms with van der Waals surface area (Å²) in [4.78, 5) is 16.5. The molecule has 1 atom stereocenters. The van der Waals surface area contributed by atoms with E-state index in [0.717, 1.165) is 25.9 Å². The third kappa shape index (κ3) is 5.09. The van der Waals surface area contributed by atoms with E-state index in [1.54, 1.807) is 4.90 Å². The van der Waals surface area contributed by atoms with E-state index in [-0.39, 0.29) is 18.2 Å². The zero-order chi connectivity index (χ0) is 17.6. The number of ether oxygens (including phenoxy) is 2. The summed E-state index contributed by atoms with van der Waals surface area (Å²) in [5, 5.41) is 3.16. The minimum absolute atomic E-state index is 0.0207. The number of urea groups is 1. The lowest BCUT2D eigenvalue weighted by atomic mass is 10.0. The molecule has 1 unspecified atom stereocenters. The Morgan fingerprint density at radius 1 is 1.32 bits per heavy atom. The van der Waals surface area contributed by atoms with Gasteiger partial charge in [-0.25, -0.2) is 4.79 Å². The first-order valence-corrected chi connectivity index (χ1v) is 9.14. The molecule has 1 aromatic rings. The number of amides is 2. The third-order valence-electron chi connectivity index (χ3n) is 4.90. The van der Waals surface area contributed by atoms with Crippen molar-refractivity contribution in [3.8, 4) is 0 Å². The lowest BCUT2D eigenvalue weighted by Gasteiger charge is -2.35. The molecule has 2 saturated heterocycles. The van der Waals surface area contributed by atoms with Gasteiger partial charge in [-0.1, -0.05) is 12.1 Å². The topological polar surface area (TPSA) is 54.0 Å². The molecule has 2 heterocycles. The van der Waals surface area contributed by atoms with Crippen LogP contribution in [0.3, 0.4) is 0 Å². The van der Waals surface area contributed by atoms with Gasteiger partial charge in [0.2, 0.25) is 0 Å². The first-order valence-electron chi connectivity index (χ1n) is 9.14. The quantitative estimate of drug-likeness (QED) is 0.905. The van der Waals surface area contributed by atoms with Crippen LogP contribution in [0.15, 0.2) is 24.3 Å². The highest BCUT2D eigenvalue weighted by Crippen LogP contribution is 2.21. The predicted octanol–water partition coefficient (Wildman–Crippen LogP) is 2.02. The zero-order valence-corrected chi connectivity index (χ0v) is 15.2. The summed E-state index contributed by atoms with van der Waals surface area (Å²) in [7, 11) is 1.81. The molecule has 2 fully saturated rings. The second-order valence-electron chi connectivity index (χ2n) is 7.00. The fourth-order valence-corrected chi connectivity index (χ4v) is 3.42. The van der Waals surface area contributed by atoms with Crippen molar-refractivity contribution >= 4 is 11.7 Å². The Balaban J connectivity index is 1.42. The summed E-state index contributed by atoms with van der Waals surface area (Å²) in [5.41, 5.74) is 2.56. The van der Waals surface area contributed by atoms with E-state index in [0.29, 0.717) is 26.4 Å². The summed E-state index contributed by atoms with van der Waals surface area (Å²) >= 11 is 0. The molecule has 0 aromatic heterocycles. The number of likely N-dealkylation sites (N-methyl/N-ethyl adjacent to an activating group) is 1. The van der Waals surface area contributed by atoms with Gasteiger partial charge in [-0.15, -0.1) is 0 Å². The van der Waals surface area contributed by atoms with Gasteiger partial charge < -0.3 is 24.6 Å². The first-order chi connectivity index (χ1) is 12.1. The number of piperidine rings is 1. The minimum Gasteiger partial charge on any atom is -0.376 e. The number of nitrogens with zero attached hydrogens (tertiary/aromatic N) is 2. The molecule has 2 amide bonds. The Kier molecular flexibility index (Phi) is 6.15. The summed E-state index contributed by atoms with van der Waals surface area (Å²) in [6, 6.07) is 8.81. The summed E-state index contributed by atoms with van der Waals surface area (Å²) in [6.45, 7) is 6.44. The van der Waals surface area contributed by atoms with Crippen LogP contribution in [0.4, 0.5) is 10.5 Å². The molecule has 3 rings (SSSR count). The Morgan fingerprint density at radius 2 is 2.12 bits per heavy atom. The van der Waals surface area contributed by atoms with Gasteiger partial charge in [0.25, 0.3) is 0 Å². The molecule has 2 aliphatic rings. The van der Waals surface area contributed by atoms with Gasteiger partial charge >= 0.3 is 6.03 Å². The lowest BCUT2D eigenvalue weighted by Crippen LogP contribution is -2.50. The van der Waals surface area contributed by atoms with Crippen LogP contribution in [0.1, 0.15) is 18.4 Å². The van der Waals surface area contributed by atoms with Gasteiger partial charge in [0.15, 0.2) is 0 Å². The molecule has 0 spiro atoms. The maximum Gasteiger partial charge on any atom is 0.317 e. The van der Waals surface area contributed by atoms with E-state index in [9.17, 15) is 4.79 Å². The number of anilines is 1. The van der Waals surface area contributed by atoms with Crippen molar-refractivity contribution in [2.75, 3.05) is 51.4 Å². The second kappa shape index (κ2) is 8.54. The van der Waals surface area contributed by atoms with E-state index >= 15 is 0 Å². The van der Waals surface area contributed by atoms with Gasteiger partial charge in [0.1, 0.15) is 0 Å². The van der Waals surface area contributed by atoms with Crippen LogP contribution in [0.25, 0.3) is 0 Å². The summed E-state index contributed by atoms with van der Waals surface area (Å²) in [5.74, 6) is 0. The SMILES string of the molecule is Cc1cccc(N2CCC(NC(=O)N(C)CC3COCCO3)CC2)c1. The predicted molar refractivity (Wildman–Crippen MR) is 98.1 cm³/mol. The second-order valence-corrected chi connectivity index (χ2v) is 7.00. The summed E-state index contributed by atoms with van der Waals surface area (Å²) in [6.07, 6.45) is 1.92. The van der Waals surface area contributed by atoms with Gasteiger partial charge in [0, 0.05) is 31.9 Å². The maximum atomic E-state index is 12.4. The zero-order valence-electron chi connectivity index (χ0n) is 15.2. The van der Waals surface area contributed by atoms with Gasteiger partial charge in [-0.05, 0) is 37.5 Å². The highest BCUT2D eigenvalue weighted by Gasteiger charge is 2.24. The van der Waals surface area contributed by atoms with Crippen LogP contribution in [-0.4, -0.2) is 69.6 Å². The molecule has 6 heteroatoms. The smallest absolute Gasteiger partial charge is 0.317 e. The van der Waals surface area contributed by atoms with Crippen molar-refractivity contribution in [2.24, 2.45) is 0 Å². The fraction of sp³-hybridized carbons (Fsp3) is 0.632. The van der Waals surface area contributed by atoms with Gasteiger partial charge in [0.05, 0.1) is 32.5 Å². The standard InChI is InChI=1S/C19H29N3O3/c1-15-4-3-5-17(12-15)22-8-6-16(7-9-22)20-19(23)21(2)13-18-14-24-10-11-25-18/h3-5,12,16,18H,6-11,13-14H2,1-2H3,(H,20,23). The van der Waals surface area contributed by atoms with Gasteiger partial charge in [-0.3, -0.25) is 0 Å². The molecular formula is C19H29N3O3. The first kappa shape index (κ1) is 18.0. The number of hydrogen-bond donors (Lipinski definition) is 1. The van der Waals surface area contributed by atoms with Crippen LogP contribution in [0.5, 0.6) is 0 Å². The fourth-order valence-electron chi connectivity index (χ4n) is 3.42. The third-order valence-corrected chi connectivity index (χ3v) is 4.90. The number of benzene rings is 1. The monoisotopic (exact) mass is 347 g/mol. The van der Waals surface area contributed by atoms with Crippen molar-refractivity contribution in [3.05, 3.63) is 29.8 Å². The molecule has 1 N–H and O–H groups in total. The Bertz CT molecular complexity index is 567. The number of carbonyl (C=O) groups excluding carboxylic acids is 1. The highest BCUT2D eigenvalue weighted by molar-refractivity contribution is 5.74. The normalized spacial score (nSPS) is 21.8. The molecule has 138 valence electrons. The molecule has 1 aromatic carbocycles. The van der Waals surface area contributed by atoms with Crippen molar-refractivity contribution in [1.29, 1.82) is 0 Å². The number of nitrogens with one attached hydrogen (secondary N) is 1. The molecule has 25 heavy (non-hydrogen) atoms. The van der Waals surface area contributed by atoms with Crippen molar-refractivity contribution in [3.63, 3.8) is 0 Å². The van der Waals surface area contributed by atoms with Crippen LogP contribution >= 0.6 is 0 Å². The van der Waals surface area contributed by atoms with Gasteiger partial charge in [-0.2, -0.15) is 0 Å². The van der Waals surface area contributed by atoms with Crippen LogP contribution in [0, 0.1) is 6.92 Å². The summed E-state index contributed by atoms with van der Waals surface area (Å²) < 4.78 is 11.0. The molecule has 0 radical (unpaired) electrons. The van der Waals surface area contributed by atoms with E-state index in [1.807, 2.05) is 7.05 Å². The van der Waals surface area contributed by atoms with E-state index in [2.05, 4.69) is 41.4 Å². The Labute approximate surface area is 150 Å². The number of carbonyl (C=O) groups is 1. The average Bonchev–Trinajstić information content (AvgIpc) is 2.63. The Morgan fingerprint density at radius 3 is 2.80 bits per heavy atom.